The van der Waals surface area contributed by atoms with Gasteiger partial charge in [-0.05, 0) is 91.4 Å². The Balaban J connectivity index is 1.23. The van der Waals surface area contributed by atoms with Gasteiger partial charge in [-0.3, -0.25) is 9.88 Å². The van der Waals surface area contributed by atoms with Crippen molar-refractivity contribution >= 4 is 22.3 Å². The minimum Gasteiger partial charge on any atom is -0.493 e. The predicted octanol–water partition coefficient (Wildman–Crippen LogP) is 7.16. The van der Waals surface area contributed by atoms with Gasteiger partial charge in [0.25, 0.3) is 0 Å². The lowest BCUT2D eigenvalue weighted by Crippen LogP contribution is -2.37. The number of anilines is 2. The number of likely N-dealkylation sites (tertiary alicyclic amines) is 1. The number of piperidine rings is 1. The molecule has 0 unspecified atom stereocenters. The number of fused-ring (bicyclic) bond motifs is 1. The molecule has 1 aliphatic heterocycles. The van der Waals surface area contributed by atoms with Gasteiger partial charge in [0.15, 0.2) is 11.5 Å². The number of aliphatic hydroxyl groups is 1. The molecule has 7 heteroatoms. The maximum Gasteiger partial charge on any atom is 0.163 e. The largest absolute Gasteiger partial charge is 0.493 e. The maximum absolute atomic E-state index is 9.36. The summed E-state index contributed by atoms with van der Waals surface area (Å²) in [5.74, 6) is 3.17. The highest BCUT2D eigenvalue weighted by molar-refractivity contribution is 5.88. The van der Waals surface area contributed by atoms with Gasteiger partial charge in [-0.15, -0.1) is 0 Å². The molecule has 3 aromatic carbocycles. The monoisotopic (exact) mass is 555 g/mol. The van der Waals surface area contributed by atoms with E-state index in [0.29, 0.717) is 29.8 Å². The van der Waals surface area contributed by atoms with E-state index in [2.05, 4.69) is 60.2 Å². The van der Waals surface area contributed by atoms with Gasteiger partial charge in [0.2, 0.25) is 0 Å². The summed E-state index contributed by atoms with van der Waals surface area (Å²) in [6.07, 6.45) is 3.82. The van der Waals surface area contributed by atoms with Crippen molar-refractivity contribution in [2.75, 3.05) is 45.3 Å². The summed E-state index contributed by atoms with van der Waals surface area (Å²) in [5, 5.41) is 13.7. The summed E-state index contributed by atoms with van der Waals surface area (Å²) in [7, 11) is 1.65. The molecule has 0 amide bonds. The van der Waals surface area contributed by atoms with E-state index in [1.165, 1.54) is 5.56 Å². The van der Waals surface area contributed by atoms with Gasteiger partial charge in [0.05, 0.1) is 12.6 Å². The highest BCUT2D eigenvalue weighted by atomic mass is 16.5. The lowest BCUT2D eigenvalue weighted by molar-refractivity contribution is 0.118. The van der Waals surface area contributed by atoms with Gasteiger partial charge in [-0.2, -0.15) is 0 Å². The molecule has 1 aromatic heterocycles. The normalized spacial score (nSPS) is 14.7. The molecule has 0 aliphatic carbocycles. The maximum atomic E-state index is 9.36. The van der Waals surface area contributed by atoms with Gasteiger partial charge in [0, 0.05) is 42.2 Å². The van der Waals surface area contributed by atoms with Crippen molar-refractivity contribution in [1.29, 1.82) is 0 Å². The van der Waals surface area contributed by atoms with E-state index in [4.69, 9.17) is 14.2 Å². The molecular weight excluding hydrogens is 514 g/mol. The number of methoxy groups -OCH3 is 1. The number of nitrogens with zero attached hydrogens (tertiary/aromatic N) is 2. The quantitative estimate of drug-likeness (QED) is 0.215. The third-order valence-electron chi connectivity index (χ3n) is 7.74. The molecule has 0 spiro atoms. The number of pyridine rings is 1. The van der Waals surface area contributed by atoms with Crippen molar-refractivity contribution in [2.45, 2.75) is 39.0 Å². The Bertz CT molecular complexity index is 1420. The lowest BCUT2D eigenvalue weighted by Gasteiger charge is -2.30. The molecule has 2 N–H and O–H groups in total. The zero-order valence-electron chi connectivity index (χ0n) is 24.5. The molecular formula is C34H41N3O4. The van der Waals surface area contributed by atoms with E-state index in [-0.39, 0.29) is 12.0 Å². The first-order valence-electron chi connectivity index (χ1n) is 14.4. The van der Waals surface area contributed by atoms with Crippen LogP contribution in [0.1, 0.15) is 39.2 Å². The van der Waals surface area contributed by atoms with E-state index in [1.807, 2.05) is 42.5 Å². The first-order chi connectivity index (χ1) is 19.8. The third-order valence-corrected chi connectivity index (χ3v) is 7.74. The molecule has 1 aliphatic rings. The Labute approximate surface area is 243 Å². The van der Waals surface area contributed by atoms with E-state index in [1.54, 1.807) is 13.3 Å². The Morgan fingerprint density at radius 3 is 2.22 bits per heavy atom. The fourth-order valence-electron chi connectivity index (χ4n) is 5.12. The number of aromatic nitrogens is 1. The zero-order valence-corrected chi connectivity index (χ0v) is 24.5. The molecule has 7 nitrogen and oxygen atoms in total. The van der Waals surface area contributed by atoms with E-state index in [9.17, 15) is 5.11 Å². The van der Waals surface area contributed by atoms with Crippen molar-refractivity contribution in [3.63, 3.8) is 0 Å². The average molecular weight is 556 g/mol. The molecule has 41 heavy (non-hydrogen) atoms. The first kappa shape index (κ1) is 28.7. The van der Waals surface area contributed by atoms with Crippen LogP contribution < -0.4 is 19.5 Å². The molecule has 0 bridgehead atoms. The number of nitrogens with one attached hydrogen (secondary N) is 1. The second-order valence-electron chi connectivity index (χ2n) is 11.7. The van der Waals surface area contributed by atoms with Crippen LogP contribution in [0.4, 0.5) is 11.4 Å². The summed E-state index contributed by atoms with van der Waals surface area (Å²) < 4.78 is 18.1. The summed E-state index contributed by atoms with van der Waals surface area (Å²) in [6.45, 7) is 10.3. The van der Waals surface area contributed by atoms with Gasteiger partial charge in [-0.25, -0.2) is 0 Å². The summed E-state index contributed by atoms with van der Waals surface area (Å²) in [6, 6.07) is 22.2. The number of benzene rings is 3. The Kier molecular flexibility index (Phi) is 8.96. The van der Waals surface area contributed by atoms with Crippen LogP contribution in [0.2, 0.25) is 0 Å². The SMILES string of the molecule is COc1cc2c(Oc3ccc(Nc4ccc(C(C)(C)C)cc4)cc3)ccnc2cc1OCCN1CCC(CO)CC1. The highest BCUT2D eigenvalue weighted by Gasteiger charge is 2.19. The third kappa shape index (κ3) is 7.29. The summed E-state index contributed by atoms with van der Waals surface area (Å²) in [5.41, 5.74) is 4.25. The van der Waals surface area contributed by atoms with Crippen LogP contribution >= 0.6 is 0 Å². The second-order valence-corrected chi connectivity index (χ2v) is 11.7. The number of ether oxygens (including phenoxy) is 3. The van der Waals surface area contributed by atoms with Crippen LogP contribution in [-0.2, 0) is 5.41 Å². The molecule has 1 fully saturated rings. The van der Waals surface area contributed by atoms with Crippen molar-refractivity contribution in [3.05, 3.63) is 78.5 Å². The van der Waals surface area contributed by atoms with Crippen LogP contribution in [0.25, 0.3) is 10.9 Å². The Hall–Kier alpha value is -3.81. The van der Waals surface area contributed by atoms with Crippen molar-refractivity contribution in [3.8, 4) is 23.0 Å². The molecule has 4 aromatic rings. The van der Waals surface area contributed by atoms with Gasteiger partial charge < -0.3 is 24.6 Å². The predicted molar refractivity (Wildman–Crippen MR) is 165 cm³/mol. The van der Waals surface area contributed by atoms with Crippen molar-refractivity contribution in [2.24, 2.45) is 5.92 Å². The molecule has 0 atom stereocenters. The number of aliphatic hydroxyl groups excluding tert-OH is 1. The average Bonchev–Trinajstić information content (AvgIpc) is 2.98. The van der Waals surface area contributed by atoms with Crippen LogP contribution in [-0.4, -0.2) is 54.9 Å². The van der Waals surface area contributed by atoms with E-state index >= 15 is 0 Å². The van der Waals surface area contributed by atoms with Crippen molar-refractivity contribution < 1.29 is 19.3 Å². The van der Waals surface area contributed by atoms with Gasteiger partial charge in [0.1, 0.15) is 18.1 Å². The van der Waals surface area contributed by atoms with Crippen LogP contribution in [0.3, 0.4) is 0 Å². The number of hydrogen-bond donors (Lipinski definition) is 2. The van der Waals surface area contributed by atoms with Crippen molar-refractivity contribution in [1.82, 2.24) is 9.88 Å². The van der Waals surface area contributed by atoms with Gasteiger partial charge in [-0.1, -0.05) is 32.9 Å². The Morgan fingerprint density at radius 1 is 0.902 bits per heavy atom. The van der Waals surface area contributed by atoms with Crippen LogP contribution in [0.5, 0.6) is 23.0 Å². The van der Waals surface area contributed by atoms with Gasteiger partial charge >= 0.3 is 0 Å². The molecule has 0 saturated carbocycles. The standard InChI is InChI=1S/C34H41N3O4/c1-34(2,3)25-5-7-26(8-6-25)36-27-9-11-28(12-10-27)41-31-13-16-35-30-22-33(32(39-4)21-29(30)31)40-20-19-37-17-14-24(23-38)15-18-37/h5-13,16,21-22,24,36,38H,14-15,17-20,23H2,1-4H3. The van der Waals surface area contributed by atoms with Crippen LogP contribution in [0.15, 0.2) is 72.9 Å². The van der Waals surface area contributed by atoms with Crippen LogP contribution in [0, 0.1) is 5.92 Å². The molecule has 2 heterocycles. The lowest BCUT2D eigenvalue weighted by atomic mass is 9.87. The fraction of sp³-hybridized carbons (Fsp3) is 0.382. The minimum absolute atomic E-state index is 0.131. The molecule has 216 valence electrons. The summed E-state index contributed by atoms with van der Waals surface area (Å²) >= 11 is 0. The first-order valence-corrected chi connectivity index (χ1v) is 14.4. The fourth-order valence-corrected chi connectivity index (χ4v) is 5.12. The van der Waals surface area contributed by atoms with E-state index in [0.717, 1.165) is 60.5 Å². The second kappa shape index (κ2) is 12.8. The molecule has 5 rings (SSSR count). The topological polar surface area (TPSA) is 76.1 Å². The molecule has 1 saturated heterocycles. The molecule has 0 radical (unpaired) electrons. The summed E-state index contributed by atoms with van der Waals surface area (Å²) in [4.78, 5) is 6.94. The Morgan fingerprint density at radius 2 is 1.59 bits per heavy atom. The number of hydrogen-bond acceptors (Lipinski definition) is 7. The highest BCUT2D eigenvalue weighted by Crippen LogP contribution is 2.37. The minimum atomic E-state index is 0.131. The zero-order chi connectivity index (χ0) is 28.8. The smallest absolute Gasteiger partial charge is 0.163 e. The number of rotatable bonds is 10. The van der Waals surface area contributed by atoms with E-state index < -0.39 is 0 Å².